The molecule has 2 atom stereocenters. The molecular formula is C30H33N3O10S. The van der Waals surface area contributed by atoms with E-state index in [0.717, 1.165) is 5.56 Å². The molecule has 0 saturated heterocycles. The Bertz CT molecular complexity index is 1450. The summed E-state index contributed by atoms with van der Waals surface area (Å²) >= 11 is 1.52. The molecule has 44 heavy (non-hydrogen) atoms. The van der Waals surface area contributed by atoms with E-state index in [9.17, 15) is 29.3 Å². The second kappa shape index (κ2) is 17.2. The summed E-state index contributed by atoms with van der Waals surface area (Å²) < 4.78 is 10.4. The second-order valence-corrected chi connectivity index (χ2v) is 10.1. The molecule has 234 valence electrons. The van der Waals surface area contributed by atoms with Crippen LogP contribution in [0.15, 0.2) is 89.3 Å². The number of rotatable bonds is 12. The van der Waals surface area contributed by atoms with Crippen molar-refractivity contribution in [1.29, 1.82) is 0 Å². The monoisotopic (exact) mass is 627 g/mol. The molecule has 1 aliphatic heterocycles. The molecule has 2 aromatic carbocycles. The molecule has 0 spiro atoms. The van der Waals surface area contributed by atoms with Gasteiger partial charge in [0.2, 0.25) is 0 Å². The Morgan fingerprint density at radius 3 is 2.23 bits per heavy atom. The third kappa shape index (κ3) is 10.1. The zero-order valence-corrected chi connectivity index (χ0v) is 25.0. The minimum Gasteiger partial charge on any atom is -0.478 e. The predicted molar refractivity (Wildman–Crippen MR) is 162 cm³/mol. The Balaban J connectivity index is 0.000000742. The fourth-order valence-electron chi connectivity index (χ4n) is 4.22. The van der Waals surface area contributed by atoms with E-state index < -0.39 is 34.7 Å². The number of aliphatic carboxylic acids is 2. The van der Waals surface area contributed by atoms with Gasteiger partial charge in [-0.2, -0.15) is 11.8 Å². The molecule has 2 unspecified atom stereocenters. The summed E-state index contributed by atoms with van der Waals surface area (Å²) in [7, 11) is 1.25. The largest absolute Gasteiger partial charge is 0.478 e. The van der Waals surface area contributed by atoms with E-state index in [-0.39, 0.29) is 29.5 Å². The molecule has 0 aromatic heterocycles. The molecule has 0 fully saturated rings. The average molecular weight is 628 g/mol. The zero-order chi connectivity index (χ0) is 32.8. The number of carbonyl (C=O) groups excluding carboxylic acids is 2. The van der Waals surface area contributed by atoms with Crippen LogP contribution in [0.1, 0.15) is 36.9 Å². The summed E-state index contributed by atoms with van der Waals surface area (Å²) in [6.45, 7) is 3.52. The van der Waals surface area contributed by atoms with Crippen molar-refractivity contribution in [2.24, 2.45) is 5.73 Å². The van der Waals surface area contributed by atoms with E-state index in [1.54, 1.807) is 19.9 Å². The van der Waals surface area contributed by atoms with Crippen molar-refractivity contribution >= 4 is 41.3 Å². The number of nitro groups is 1. The first kappa shape index (κ1) is 35.2. The van der Waals surface area contributed by atoms with Gasteiger partial charge in [0.05, 0.1) is 35.7 Å². The number of hydrogen-bond acceptors (Lipinski definition) is 11. The molecule has 14 heteroatoms. The van der Waals surface area contributed by atoms with Crippen LogP contribution in [0.3, 0.4) is 0 Å². The summed E-state index contributed by atoms with van der Waals surface area (Å²) in [5.41, 5.74) is 9.05. The lowest BCUT2D eigenvalue weighted by molar-refractivity contribution is -0.384. The molecule has 1 aliphatic rings. The van der Waals surface area contributed by atoms with Crippen molar-refractivity contribution in [3.63, 3.8) is 0 Å². The molecule has 0 amide bonds. The summed E-state index contributed by atoms with van der Waals surface area (Å²) in [5, 5.41) is 30.3. The number of dihydropyridines is 1. The third-order valence-electron chi connectivity index (χ3n) is 6.10. The van der Waals surface area contributed by atoms with Crippen molar-refractivity contribution in [2.45, 2.75) is 25.8 Å². The van der Waals surface area contributed by atoms with E-state index in [1.807, 2.05) is 30.3 Å². The molecule has 5 N–H and O–H groups in total. The van der Waals surface area contributed by atoms with E-state index in [1.165, 1.54) is 37.1 Å². The van der Waals surface area contributed by atoms with E-state index in [0.29, 0.717) is 40.6 Å². The highest BCUT2D eigenvalue weighted by Crippen LogP contribution is 2.41. The normalized spacial score (nSPS) is 15.0. The molecule has 0 bridgehead atoms. The number of carbonyl (C=O) groups is 4. The molecule has 1 heterocycles. The smallest absolute Gasteiger partial charge is 0.336 e. The van der Waals surface area contributed by atoms with Crippen LogP contribution in [0.2, 0.25) is 0 Å². The first-order chi connectivity index (χ1) is 20.9. The molecule has 2 aromatic rings. The van der Waals surface area contributed by atoms with E-state index in [4.69, 9.17) is 25.4 Å². The number of nitrogens with zero attached hydrogens (tertiary/aromatic N) is 1. The maximum Gasteiger partial charge on any atom is 0.336 e. The number of methoxy groups -OCH3 is 1. The minimum absolute atomic E-state index is 0.125. The van der Waals surface area contributed by atoms with Gasteiger partial charge in [-0.25, -0.2) is 19.2 Å². The number of allylic oxidation sites excluding steroid dienone is 1. The third-order valence-corrected chi connectivity index (χ3v) is 7.19. The van der Waals surface area contributed by atoms with Gasteiger partial charge in [-0.05, 0) is 25.0 Å². The lowest BCUT2D eigenvalue weighted by Crippen LogP contribution is -2.34. The standard InChI is InChI=1S/C26H29N3O6S.C4H4O4/c1-4-35-26(31)24-21(15-36-14-20(27)17-9-6-5-7-10-17)28-16(2)22(25(30)34-3)23(24)18-11-8-12-19(13-18)29(32)33;5-3(6)1-2-4(7)8/h5-13,20,23,28H,4,14-15,27H2,1-3H3;1-2H,(H,5,6)(H,7,8)/b;2-1+. The van der Waals surface area contributed by atoms with Gasteiger partial charge in [-0.1, -0.05) is 42.5 Å². The molecule has 13 nitrogen and oxygen atoms in total. The number of nitrogens with two attached hydrogens (primary N) is 1. The van der Waals surface area contributed by atoms with Crippen LogP contribution in [-0.4, -0.2) is 64.2 Å². The summed E-state index contributed by atoms with van der Waals surface area (Å²) in [4.78, 5) is 56.1. The van der Waals surface area contributed by atoms with Gasteiger partial charge in [0.25, 0.3) is 5.69 Å². The van der Waals surface area contributed by atoms with Crippen LogP contribution in [0, 0.1) is 10.1 Å². The van der Waals surface area contributed by atoms with Crippen molar-refractivity contribution in [2.75, 3.05) is 25.2 Å². The fourth-order valence-corrected chi connectivity index (χ4v) is 5.21. The minimum atomic E-state index is -1.26. The number of nitrogens with one attached hydrogen (secondary N) is 1. The van der Waals surface area contributed by atoms with Gasteiger partial charge >= 0.3 is 23.9 Å². The Hall–Kier alpha value is -4.95. The number of non-ortho nitro benzene ring substituents is 1. The lowest BCUT2D eigenvalue weighted by atomic mass is 9.80. The molecular weight excluding hydrogens is 594 g/mol. The highest BCUT2D eigenvalue weighted by atomic mass is 32.2. The van der Waals surface area contributed by atoms with Gasteiger partial charge in [0.1, 0.15) is 0 Å². The van der Waals surface area contributed by atoms with Crippen LogP contribution < -0.4 is 11.1 Å². The SMILES string of the molecule is CCOC(=O)C1=C(CSCC(N)c2ccccc2)NC(C)=C(C(=O)OC)C1c1cccc([N+](=O)[O-])c1.O=C(O)/C=C/C(=O)O. The quantitative estimate of drug-likeness (QED) is 0.115. The number of carboxylic acids is 2. The van der Waals surface area contributed by atoms with Gasteiger partial charge in [-0.3, -0.25) is 10.1 Å². The maximum atomic E-state index is 13.2. The summed E-state index contributed by atoms with van der Waals surface area (Å²) in [6.07, 6.45) is 1.12. The van der Waals surface area contributed by atoms with E-state index >= 15 is 0 Å². The molecule has 0 saturated carbocycles. The number of nitro benzene ring substituents is 1. The Morgan fingerprint density at radius 2 is 1.68 bits per heavy atom. The van der Waals surface area contributed by atoms with Crippen molar-refractivity contribution in [1.82, 2.24) is 5.32 Å². The van der Waals surface area contributed by atoms with Gasteiger partial charge < -0.3 is 30.7 Å². The number of thioether (sulfide) groups is 1. The van der Waals surface area contributed by atoms with Crippen LogP contribution in [-0.2, 0) is 28.7 Å². The van der Waals surface area contributed by atoms with Gasteiger partial charge in [0.15, 0.2) is 0 Å². The lowest BCUT2D eigenvalue weighted by Gasteiger charge is -2.31. The molecule has 0 radical (unpaired) electrons. The number of hydrogen-bond donors (Lipinski definition) is 4. The maximum absolute atomic E-state index is 13.2. The second-order valence-electron chi connectivity index (χ2n) is 9.10. The topological polar surface area (TPSA) is 208 Å². The first-order valence-electron chi connectivity index (χ1n) is 13.1. The van der Waals surface area contributed by atoms with E-state index in [2.05, 4.69) is 5.32 Å². The van der Waals surface area contributed by atoms with Gasteiger partial charge in [0, 0.05) is 53.2 Å². The number of carboxylic acid groups (broad SMARTS) is 2. The molecule has 3 rings (SSSR count). The summed E-state index contributed by atoms with van der Waals surface area (Å²) in [5.74, 6) is -3.71. The fraction of sp³-hybridized carbons (Fsp3) is 0.267. The van der Waals surface area contributed by atoms with Crippen molar-refractivity contribution < 1.29 is 43.8 Å². The first-order valence-corrected chi connectivity index (χ1v) is 14.3. The van der Waals surface area contributed by atoms with Crippen molar-refractivity contribution in [3.05, 3.63) is 111 Å². The number of benzene rings is 2. The summed E-state index contributed by atoms with van der Waals surface area (Å²) in [6, 6.07) is 15.4. The van der Waals surface area contributed by atoms with Crippen molar-refractivity contribution in [3.8, 4) is 0 Å². The number of ether oxygens (including phenoxy) is 2. The van der Waals surface area contributed by atoms with Crippen LogP contribution in [0.5, 0.6) is 0 Å². The van der Waals surface area contributed by atoms with Crippen LogP contribution >= 0.6 is 11.8 Å². The number of esters is 2. The van der Waals surface area contributed by atoms with Gasteiger partial charge in [-0.15, -0.1) is 0 Å². The zero-order valence-electron chi connectivity index (χ0n) is 24.2. The highest BCUT2D eigenvalue weighted by molar-refractivity contribution is 7.99. The van der Waals surface area contributed by atoms with Crippen LogP contribution in [0.25, 0.3) is 0 Å². The Morgan fingerprint density at radius 1 is 1.05 bits per heavy atom. The molecule has 0 aliphatic carbocycles. The van der Waals surface area contributed by atoms with Crippen LogP contribution in [0.4, 0.5) is 5.69 Å². The Labute approximate surface area is 257 Å². The average Bonchev–Trinajstić information content (AvgIpc) is 3.00. The highest BCUT2D eigenvalue weighted by Gasteiger charge is 2.39. The predicted octanol–water partition coefficient (Wildman–Crippen LogP) is 3.69. The Kier molecular flexibility index (Phi) is 13.8.